The number of carbonyl (C=O) groups is 1. The standard InChI is InChI=1S/C26H32N4O2/c1-18-4-10-22(11-5-18)32-26(2,3)25(31)28-16-19-6-8-21(9-7-19)24-23(17-29-30-24)20-12-14-27-15-13-20/h4-5,10-15,17,19,21H,6-9,16H2,1-3H3,(H,28,31)(H,29,30). The minimum atomic E-state index is -0.915. The largest absolute Gasteiger partial charge is 0.478 e. The number of aromatic nitrogens is 3. The van der Waals surface area contributed by atoms with Crippen LogP contribution in [0.1, 0.15) is 56.7 Å². The van der Waals surface area contributed by atoms with E-state index in [0.29, 0.717) is 24.1 Å². The Morgan fingerprint density at radius 2 is 1.78 bits per heavy atom. The predicted octanol–water partition coefficient (Wildman–Crippen LogP) is 5.03. The van der Waals surface area contributed by atoms with Crippen molar-refractivity contribution >= 4 is 5.91 Å². The number of aryl methyl sites for hydroxylation is 1. The average molecular weight is 433 g/mol. The van der Waals surface area contributed by atoms with Crippen LogP contribution < -0.4 is 10.1 Å². The van der Waals surface area contributed by atoms with Crippen LogP contribution in [0.2, 0.25) is 0 Å². The number of hydrogen-bond acceptors (Lipinski definition) is 4. The maximum absolute atomic E-state index is 12.8. The van der Waals surface area contributed by atoms with Crippen LogP contribution in [0.3, 0.4) is 0 Å². The Kier molecular flexibility index (Phi) is 6.58. The number of hydrogen-bond donors (Lipinski definition) is 2. The van der Waals surface area contributed by atoms with E-state index in [2.05, 4.69) is 20.5 Å². The quantitative estimate of drug-likeness (QED) is 0.549. The summed E-state index contributed by atoms with van der Waals surface area (Å²) in [6.07, 6.45) is 9.88. The maximum atomic E-state index is 12.8. The molecule has 0 radical (unpaired) electrons. The maximum Gasteiger partial charge on any atom is 0.263 e. The van der Waals surface area contributed by atoms with Gasteiger partial charge in [0, 0.05) is 36.1 Å². The third-order valence-electron chi connectivity index (χ3n) is 6.41. The molecule has 1 amide bonds. The van der Waals surface area contributed by atoms with Crippen LogP contribution in [-0.2, 0) is 4.79 Å². The van der Waals surface area contributed by atoms with E-state index < -0.39 is 5.60 Å². The van der Waals surface area contributed by atoms with Crippen molar-refractivity contribution in [3.05, 3.63) is 66.2 Å². The van der Waals surface area contributed by atoms with E-state index in [0.717, 1.165) is 31.2 Å². The van der Waals surface area contributed by atoms with Gasteiger partial charge in [-0.2, -0.15) is 5.10 Å². The fourth-order valence-corrected chi connectivity index (χ4v) is 4.42. The van der Waals surface area contributed by atoms with Gasteiger partial charge in [0.2, 0.25) is 0 Å². The molecule has 3 aromatic rings. The van der Waals surface area contributed by atoms with Crippen molar-refractivity contribution in [3.63, 3.8) is 0 Å². The average Bonchev–Trinajstić information content (AvgIpc) is 3.30. The summed E-state index contributed by atoms with van der Waals surface area (Å²) in [6.45, 7) is 6.35. The van der Waals surface area contributed by atoms with E-state index in [4.69, 9.17) is 4.74 Å². The van der Waals surface area contributed by atoms with E-state index in [1.165, 1.54) is 16.8 Å². The lowest BCUT2D eigenvalue weighted by molar-refractivity contribution is -0.134. The van der Waals surface area contributed by atoms with Crippen LogP contribution in [0, 0.1) is 12.8 Å². The number of carbonyl (C=O) groups excluding carboxylic acids is 1. The third-order valence-corrected chi connectivity index (χ3v) is 6.41. The number of ether oxygens (including phenoxy) is 1. The van der Waals surface area contributed by atoms with E-state index in [1.54, 1.807) is 0 Å². The van der Waals surface area contributed by atoms with Crippen LogP contribution in [0.5, 0.6) is 5.75 Å². The Labute approximate surface area is 189 Å². The molecule has 168 valence electrons. The van der Waals surface area contributed by atoms with Gasteiger partial charge in [0.15, 0.2) is 5.60 Å². The van der Waals surface area contributed by atoms with Crippen molar-refractivity contribution in [2.24, 2.45) is 5.92 Å². The van der Waals surface area contributed by atoms with Crippen LogP contribution in [-0.4, -0.2) is 33.2 Å². The summed E-state index contributed by atoms with van der Waals surface area (Å²) < 4.78 is 5.95. The number of nitrogens with zero attached hydrogens (tertiary/aromatic N) is 2. The first kappa shape index (κ1) is 22.1. The molecule has 0 saturated heterocycles. The molecule has 0 bridgehead atoms. The van der Waals surface area contributed by atoms with Crippen LogP contribution in [0.25, 0.3) is 11.1 Å². The summed E-state index contributed by atoms with van der Waals surface area (Å²) in [7, 11) is 0. The molecule has 32 heavy (non-hydrogen) atoms. The summed E-state index contributed by atoms with van der Waals surface area (Å²) in [6, 6.07) is 11.8. The molecule has 0 atom stereocenters. The Morgan fingerprint density at radius 3 is 2.47 bits per heavy atom. The molecule has 1 aromatic carbocycles. The molecule has 1 saturated carbocycles. The highest BCUT2D eigenvalue weighted by atomic mass is 16.5. The Bertz CT molecular complexity index is 1020. The fraction of sp³-hybridized carbons (Fsp3) is 0.423. The summed E-state index contributed by atoms with van der Waals surface area (Å²) in [5.74, 6) is 1.58. The van der Waals surface area contributed by atoms with Crippen LogP contribution in [0.15, 0.2) is 55.0 Å². The zero-order valence-corrected chi connectivity index (χ0v) is 19.1. The van der Waals surface area contributed by atoms with Crippen molar-refractivity contribution in [1.29, 1.82) is 0 Å². The van der Waals surface area contributed by atoms with Gasteiger partial charge in [-0.25, -0.2) is 0 Å². The smallest absolute Gasteiger partial charge is 0.263 e. The molecule has 6 nitrogen and oxygen atoms in total. The van der Waals surface area contributed by atoms with Crippen molar-refractivity contribution < 1.29 is 9.53 Å². The van der Waals surface area contributed by atoms with E-state index in [-0.39, 0.29) is 5.91 Å². The van der Waals surface area contributed by atoms with E-state index in [1.807, 2.05) is 75.8 Å². The number of aromatic amines is 1. The number of pyridine rings is 1. The van der Waals surface area contributed by atoms with Gasteiger partial charge in [-0.3, -0.25) is 14.9 Å². The third kappa shape index (κ3) is 5.18. The monoisotopic (exact) mass is 432 g/mol. The number of nitrogens with one attached hydrogen (secondary N) is 2. The SMILES string of the molecule is Cc1ccc(OC(C)(C)C(=O)NCC2CCC(c3[nH]ncc3-c3ccncc3)CC2)cc1. The van der Waals surface area contributed by atoms with Crippen molar-refractivity contribution in [1.82, 2.24) is 20.5 Å². The molecule has 1 aliphatic carbocycles. The molecule has 1 fully saturated rings. The topological polar surface area (TPSA) is 79.9 Å². The van der Waals surface area contributed by atoms with Crippen molar-refractivity contribution in [2.75, 3.05) is 6.54 Å². The van der Waals surface area contributed by atoms with Gasteiger partial charge in [-0.05, 0) is 82.2 Å². The van der Waals surface area contributed by atoms with E-state index >= 15 is 0 Å². The first-order valence-electron chi connectivity index (χ1n) is 11.4. The second kappa shape index (κ2) is 9.55. The van der Waals surface area contributed by atoms with Gasteiger partial charge in [-0.15, -0.1) is 0 Å². The summed E-state index contributed by atoms with van der Waals surface area (Å²) >= 11 is 0. The molecule has 2 heterocycles. The van der Waals surface area contributed by atoms with Gasteiger partial charge < -0.3 is 10.1 Å². The zero-order chi connectivity index (χ0) is 22.6. The molecule has 0 unspecified atom stereocenters. The minimum Gasteiger partial charge on any atom is -0.478 e. The van der Waals surface area contributed by atoms with Gasteiger partial charge in [0.25, 0.3) is 5.91 Å². The number of H-pyrrole nitrogens is 1. The number of benzene rings is 1. The molecule has 6 heteroatoms. The first-order valence-corrected chi connectivity index (χ1v) is 11.4. The molecular weight excluding hydrogens is 400 g/mol. The van der Waals surface area contributed by atoms with Gasteiger partial charge >= 0.3 is 0 Å². The minimum absolute atomic E-state index is 0.0752. The van der Waals surface area contributed by atoms with Crippen LogP contribution >= 0.6 is 0 Å². The van der Waals surface area contributed by atoms with Gasteiger partial charge in [-0.1, -0.05) is 17.7 Å². The summed E-state index contributed by atoms with van der Waals surface area (Å²) in [5.41, 5.74) is 3.78. The fourth-order valence-electron chi connectivity index (χ4n) is 4.42. The second-order valence-corrected chi connectivity index (χ2v) is 9.29. The Balaban J connectivity index is 1.28. The van der Waals surface area contributed by atoms with Gasteiger partial charge in [0.1, 0.15) is 5.75 Å². The summed E-state index contributed by atoms with van der Waals surface area (Å²) in [5, 5.41) is 10.7. The van der Waals surface area contributed by atoms with Crippen molar-refractivity contribution in [2.45, 2.75) is 58.0 Å². The second-order valence-electron chi connectivity index (χ2n) is 9.29. The molecule has 2 N–H and O–H groups in total. The predicted molar refractivity (Wildman–Crippen MR) is 125 cm³/mol. The Morgan fingerprint density at radius 1 is 1.09 bits per heavy atom. The molecule has 0 aliphatic heterocycles. The van der Waals surface area contributed by atoms with E-state index in [9.17, 15) is 4.79 Å². The highest BCUT2D eigenvalue weighted by Crippen LogP contribution is 2.38. The molecule has 2 aromatic heterocycles. The number of amides is 1. The number of rotatable bonds is 7. The lowest BCUT2D eigenvalue weighted by Crippen LogP contribution is -2.48. The normalized spacial score (nSPS) is 18.8. The molecule has 1 aliphatic rings. The highest BCUT2D eigenvalue weighted by Gasteiger charge is 2.31. The lowest BCUT2D eigenvalue weighted by atomic mass is 9.79. The summed E-state index contributed by atoms with van der Waals surface area (Å²) in [4.78, 5) is 16.9. The van der Waals surface area contributed by atoms with Gasteiger partial charge in [0.05, 0.1) is 6.20 Å². The lowest BCUT2D eigenvalue weighted by Gasteiger charge is -2.30. The van der Waals surface area contributed by atoms with Crippen LogP contribution in [0.4, 0.5) is 0 Å². The highest BCUT2D eigenvalue weighted by molar-refractivity contribution is 5.84. The Hall–Kier alpha value is -3.15. The molecular formula is C26H32N4O2. The van der Waals surface area contributed by atoms with Crippen molar-refractivity contribution in [3.8, 4) is 16.9 Å². The molecule has 0 spiro atoms. The zero-order valence-electron chi connectivity index (χ0n) is 19.1. The molecule has 4 rings (SSSR count). The first-order chi connectivity index (χ1) is 15.4.